The first-order valence-corrected chi connectivity index (χ1v) is 9.45. The predicted octanol–water partition coefficient (Wildman–Crippen LogP) is 4.03. The molecule has 0 aliphatic carbocycles. The number of hydrogen-bond acceptors (Lipinski definition) is 3. The van der Waals surface area contributed by atoms with Crippen molar-refractivity contribution < 1.29 is 18.7 Å². The minimum absolute atomic E-state index is 0.104. The van der Waals surface area contributed by atoms with Crippen LogP contribution < -0.4 is 10.1 Å². The quantitative estimate of drug-likeness (QED) is 0.708. The molecule has 0 aromatic heterocycles. The second-order valence-corrected chi connectivity index (χ2v) is 6.85. The maximum atomic E-state index is 13.0. The Morgan fingerprint density at radius 3 is 2.29 bits per heavy atom. The van der Waals surface area contributed by atoms with Gasteiger partial charge in [0, 0.05) is 11.7 Å². The summed E-state index contributed by atoms with van der Waals surface area (Å²) in [6, 6.07) is 13.0. The van der Waals surface area contributed by atoms with Crippen LogP contribution in [0.5, 0.6) is 5.75 Å². The lowest BCUT2D eigenvalue weighted by atomic mass is 10.1. The molecule has 0 heterocycles. The van der Waals surface area contributed by atoms with E-state index in [2.05, 4.69) is 12.2 Å². The first kappa shape index (κ1) is 21.4. The summed E-state index contributed by atoms with van der Waals surface area (Å²) in [6.45, 7) is 5.54. The number of anilines is 1. The molecule has 1 N–H and O–H groups in total. The summed E-state index contributed by atoms with van der Waals surface area (Å²) in [6.07, 6.45) is 2.07. The summed E-state index contributed by atoms with van der Waals surface area (Å²) in [4.78, 5) is 26.2. The Morgan fingerprint density at radius 2 is 1.71 bits per heavy atom. The number of hydrogen-bond donors (Lipinski definition) is 1. The zero-order valence-electron chi connectivity index (χ0n) is 16.6. The van der Waals surface area contributed by atoms with Crippen molar-refractivity contribution in [3.8, 4) is 5.75 Å². The molecule has 2 aromatic carbocycles. The Morgan fingerprint density at radius 1 is 1.07 bits per heavy atom. The molecule has 0 aliphatic rings. The lowest BCUT2D eigenvalue weighted by Gasteiger charge is -2.26. The predicted molar refractivity (Wildman–Crippen MR) is 108 cm³/mol. The van der Waals surface area contributed by atoms with Crippen molar-refractivity contribution in [2.75, 3.05) is 18.5 Å². The van der Waals surface area contributed by atoms with E-state index >= 15 is 0 Å². The van der Waals surface area contributed by atoms with Gasteiger partial charge >= 0.3 is 0 Å². The summed E-state index contributed by atoms with van der Waals surface area (Å²) in [5.74, 6) is -0.385. The fourth-order valence-corrected chi connectivity index (χ4v) is 2.72. The summed E-state index contributed by atoms with van der Waals surface area (Å²) in [5, 5.41) is 2.66. The molecule has 5 nitrogen and oxygen atoms in total. The lowest BCUT2D eigenvalue weighted by Crippen LogP contribution is -2.44. The Bertz CT molecular complexity index is 773. The second kappa shape index (κ2) is 10.4. The van der Waals surface area contributed by atoms with Crippen LogP contribution in [0.2, 0.25) is 0 Å². The van der Waals surface area contributed by atoms with Crippen LogP contribution in [0, 0.1) is 5.82 Å². The van der Waals surface area contributed by atoms with E-state index < -0.39 is 0 Å². The average Bonchev–Trinajstić information content (AvgIpc) is 2.67. The highest BCUT2D eigenvalue weighted by Gasteiger charge is 2.20. The van der Waals surface area contributed by atoms with Gasteiger partial charge in [0.1, 0.15) is 18.1 Å². The molecule has 0 radical (unpaired) electrons. The van der Waals surface area contributed by atoms with Crippen molar-refractivity contribution in [2.45, 2.75) is 39.7 Å². The van der Waals surface area contributed by atoms with Crippen LogP contribution in [0.4, 0.5) is 10.1 Å². The summed E-state index contributed by atoms with van der Waals surface area (Å²) in [5.41, 5.74) is 1.70. The molecule has 150 valence electrons. The minimum atomic E-state index is -0.378. The molecule has 0 aliphatic heterocycles. The molecular weight excluding hydrogens is 359 g/mol. The van der Waals surface area contributed by atoms with Gasteiger partial charge in [0.05, 0.1) is 0 Å². The molecule has 0 unspecified atom stereocenters. The molecule has 2 amide bonds. The third-order valence-electron chi connectivity index (χ3n) is 4.21. The highest BCUT2D eigenvalue weighted by atomic mass is 19.1. The van der Waals surface area contributed by atoms with E-state index in [9.17, 15) is 14.0 Å². The van der Waals surface area contributed by atoms with Gasteiger partial charge in [0.15, 0.2) is 6.61 Å². The fourth-order valence-electron chi connectivity index (χ4n) is 2.72. The van der Waals surface area contributed by atoms with E-state index in [1.807, 2.05) is 38.1 Å². The summed E-state index contributed by atoms with van der Waals surface area (Å²) < 4.78 is 18.5. The number of nitrogens with one attached hydrogen (secondary N) is 1. The van der Waals surface area contributed by atoms with Gasteiger partial charge in [-0.2, -0.15) is 0 Å². The minimum Gasteiger partial charge on any atom is -0.484 e. The SMILES string of the molecule is CCCc1ccc(OCC(=O)N(CC(=O)Nc2ccc(F)cc2)C(C)C)cc1. The molecule has 0 saturated heterocycles. The van der Waals surface area contributed by atoms with Crippen molar-refractivity contribution in [1.82, 2.24) is 4.90 Å². The molecule has 28 heavy (non-hydrogen) atoms. The lowest BCUT2D eigenvalue weighted by molar-refractivity contribution is -0.138. The Kier molecular flexibility index (Phi) is 7.99. The molecule has 0 spiro atoms. The molecule has 0 fully saturated rings. The highest BCUT2D eigenvalue weighted by Crippen LogP contribution is 2.14. The van der Waals surface area contributed by atoms with E-state index in [1.165, 1.54) is 34.7 Å². The number of rotatable bonds is 9. The Hall–Kier alpha value is -2.89. The van der Waals surface area contributed by atoms with Crippen LogP contribution in [0.3, 0.4) is 0 Å². The zero-order valence-corrected chi connectivity index (χ0v) is 16.6. The molecule has 2 aromatic rings. The van der Waals surface area contributed by atoms with Crippen molar-refractivity contribution in [3.63, 3.8) is 0 Å². The molecule has 0 bridgehead atoms. The van der Waals surface area contributed by atoms with Crippen LogP contribution >= 0.6 is 0 Å². The number of carbonyl (C=O) groups excluding carboxylic acids is 2. The van der Waals surface area contributed by atoms with Crippen LogP contribution in [-0.4, -0.2) is 35.9 Å². The number of ether oxygens (including phenoxy) is 1. The van der Waals surface area contributed by atoms with Crippen molar-refractivity contribution in [3.05, 3.63) is 59.9 Å². The van der Waals surface area contributed by atoms with E-state index in [-0.39, 0.29) is 36.8 Å². The van der Waals surface area contributed by atoms with E-state index in [4.69, 9.17) is 4.74 Å². The number of benzene rings is 2. The third kappa shape index (κ3) is 6.68. The smallest absolute Gasteiger partial charge is 0.261 e. The van der Waals surface area contributed by atoms with E-state index in [0.717, 1.165) is 12.8 Å². The van der Waals surface area contributed by atoms with Crippen molar-refractivity contribution in [1.29, 1.82) is 0 Å². The molecule has 0 atom stereocenters. The molecule has 0 saturated carbocycles. The largest absolute Gasteiger partial charge is 0.484 e. The van der Waals surface area contributed by atoms with Gasteiger partial charge in [-0.1, -0.05) is 25.5 Å². The summed E-state index contributed by atoms with van der Waals surface area (Å²) >= 11 is 0. The number of nitrogens with zero attached hydrogens (tertiary/aromatic N) is 1. The normalized spacial score (nSPS) is 10.6. The van der Waals surface area contributed by atoms with Gasteiger partial charge in [-0.3, -0.25) is 9.59 Å². The number of amides is 2. The van der Waals surface area contributed by atoms with Crippen LogP contribution in [0.25, 0.3) is 0 Å². The molecule has 6 heteroatoms. The zero-order chi connectivity index (χ0) is 20.5. The first-order chi connectivity index (χ1) is 13.4. The maximum Gasteiger partial charge on any atom is 0.261 e. The van der Waals surface area contributed by atoms with E-state index in [0.29, 0.717) is 11.4 Å². The van der Waals surface area contributed by atoms with Crippen molar-refractivity contribution >= 4 is 17.5 Å². The number of halogens is 1. The number of aryl methyl sites for hydroxylation is 1. The van der Waals surface area contributed by atoms with Crippen LogP contribution in [0.1, 0.15) is 32.8 Å². The van der Waals surface area contributed by atoms with E-state index in [1.54, 1.807) is 0 Å². The third-order valence-corrected chi connectivity index (χ3v) is 4.21. The van der Waals surface area contributed by atoms with Crippen LogP contribution in [-0.2, 0) is 16.0 Å². The van der Waals surface area contributed by atoms with Crippen LogP contribution in [0.15, 0.2) is 48.5 Å². The van der Waals surface area contributed by atoms with Gasteiger partial charge in [0.2, 0.25) is 5.91 Å². The fraction of sp³-hybridized carbons (Fsp3) is 0.364. The summed E-state index contributed by atoms with van der Waals surface area (Å²) in [7, 11) is 0. The van der Waals surface area contributed by atoms with Gasteiger partial charge in [0.25, 0.3) is 5.91 Å². The Labute approximate surface area is 165 Å². The maximum absolute atomic E-state index is 13.0. The topological polar surface area (TPSA) is 58.6 Å². The van der Waals surface area contributed by atoms with Crippen molar-refractivity contribution in [2.24, 2.45) is 0 Å². The highest BCUT2D eigenvalue weighted by molar-refractivity contribution is 5.94. The first-order valence-electron chi connectivity index (χ1n) is 9.45. The van der Waals surface area contributed by atoms with Gasteiger partial charge in [-0.25, -0.2) is 4.39 Å². The van der Waals surface area contributed by atoms with Gasteiger partial charge in [-0.15, -0.1) is 0 Å². The standard InChI is InChI=1S/C22H27FN2O3/c1-4-5-17-6-12-20(13-7-17)28-15-22(27)25(16(2)3)14-21(26)24-19-10-8-18(23)9-11-19/h6-13,16H,4-5,14-15H2,1-3H3,(H,24,26). The average molecular weight is 386 g/mol. The Balaban J connectivity index is 1.89. The number of carbonyl (C=O) groups is 2. The molecular formula is C22H27FN2O3. The molecule has 2 rings (SSSR count). The monoisotopic (exact) mass is 386 g/mol. The van der Waals surface area contributed by atoms with Gasteiger partial charge in [-0.05, 0) is 62.2 Å². The second-order valence-electron chi connectivity index (χ2n) is 6.85. The van der Waals surface area contributed by atoms with Gasteiger partial charge < -0.3 is 15.0 Å².